The maximum atomic E-state index is 10.4. The zero-order valence-corrected chi connectivity index (χ0v) is 8.02. The molecular formula is C12H14O2. The summed E-state index contributed by atoms with van der Waals surface area (Å²) in [5.41, 5.74) is 0. The van der Waals surface area contributed by atoms with E-state index >= 15 is 0 Å². The first-order valence-corrected chi connectivity index (χ1v) is 4.72. The van der Waals surface area contributed by atoms with Crippen molar-refractivity contribution in [1.82, 2.24) is 0 Å². The molecule has 0 aliphatic heterocycles. The number of phenols is 1. The molecule has 0 saturated carbocycles. The highest BCUT2D eigenvalue weighted by Gasteiger charge is 1.98. The largest absolute Gasteiger partial charge is 0.508 e. The number of phenolic OH excluding ortho intramolecular Hbond substituents is 1. The van der Waals surface area contributed by atoms with Crippen LogP contribution in [0.3, 0.4) is 0 Å². The summed E-state index contributed by atoms with van der Waals surface area (Å²) in [6.07, 6.45) is 6.51. The Hall–Kier alpha value is -1.57. The normalized spacial score (nSPS) is 14.4. The Bertz CT molecular complexity index is 301. The van der Waals surface area contributed by atoms with Crippen molar-refractivity contribution >= 4 is 5.78 Å². The molecule has 1 N–H and O–H groups in total. The van der Waals surface area contributed by atoms with Crippen LogP contribution in [0.4, 0.5) is 0 Å². The zero-order valence-electron chi connectivity index (χ0n) is 8.02. The van der Waals surface area contributed by atoms with Gasteiger partial charge in [-0.2, -0.15) is 0 Å². The molecule has 0 heterocycles. The first-order chi connectivity index (χ1) is 6.79. The molecule has 0 radical (unpaired) electrons. The SMILES string of the molecule is O=C1C=CCCC1.Oc1ccccc1. The summed E-state index contributed by atoms with van der Waals surface area (Å²) in [4.78, 5) is 10.4. The van der Waals surface area contributed by atoms with Crippen LogP contribution in [-0.4, -0.2) is 10.9 Å². The Morgan fingerprint density at radius 1 is 1.14 bits per heavy atom. The molecule has 1 aliphatic carbocycles. The highest BCUT2D eigenvalue weighted by molar-refractivity contribution is 5.90. The summed E-state index contributed by atoms with van der Waals surface area (Å²) < 4.78 is 0. The molecule has 0 saturated heterocycles. The number of carbonyl (C=O) groups excluding carboxylic acids is 1. The number of allylic oxidation sites excluding steroid dienone is 2. The van der Waals surface area contributed by atoms with E-state index in [9.17, 15) is 4.79 Å². The van der Waals surface area contributed by atoms with Crippen LogP contribution in [0.2, 0.25) is 0 Å². The Kier molecular flexibility index (Phi) is 4.48. The van der Waals surface area contributed by atoms with Crippen molar-refractivity contribution in [3.8, 4) is 5.75 Å². The molecule has 0 atom stereocenters. The third kappa shape index (κ3) is 4.45. The van der Waals surface area contributed by atoms with Crippen molar-refractivity contribution in [2.24, 2.45) is 0 Å². The fourth-order valence-corrected chi connectivity index (χ4v) is 1.12. The van der Waals surface area contributed by atoms with Gasteiger partial charge in [0.05, 0.1) is 0 Å². The lowest BCUT2D eigenvalue weighted by molar-refractivity contribution is -0.114. The molecule has 2 heteroatoms. The lowest BCUT2D eigenvalue weighted by Gasteiger charge is -1.97. The van der Waals surface area contributed by atoms with Gasteiger partial charge in [-0.25, -0.2) is 0 Å². The van der Waals surface area contributed by atoms with E-state index in [0.717, 1.165) is 19.3 Å². The van der Waals surface area contributed by atoms with E-state index in [1.807, 2.05) is 12.1 Å². The molecule has 0 aromatic heterocycles. The predicted molar refractivity (Wildman–Crippen MR) is 56.1 cm³/mol. The van der Waals surface area contributed by atoms with Crippen molar-refractivity contribution in [3.63, 3.8) is 0 Å². The van der Waals surface area contributed by atoms with Crippen LogP contribution in [0.1, 0.15) is 19.3 Å². The number of rotatable bonds is 0. The smallest absolute Gasteiger partial charge is 0.155 e. The zero-order chi connectivity index (χ0) is 10.2. The van der Waals surface area contributed by atoms with Gasteiger partial charge in [-0.05, 0) is 31.1 Å². The van der Waals surface area contributed by atoms with E-state index in [4.69, 9.17) is 5.11 Å². The molecule has 74 valence electrons. The van der Waals surface area contributed by atoms with Crippen molar-refractivity contribution in [1.29, 1.82) is 0 Å². The highest BCUT2D eigenvalue weighted by atomic mass is 16.3. The second-order valence-electron chi connectivity index (χ2n) is 3.10. The second kappa shape index (κ2) is 5.97. The number of para-hydroxylation sites is 1. The maximum absolute atomic E-state index is 10.4. The van der Waals surface area contributed by atoms with Gasteiger partial charge in [-0.3, -0.25) is 4.79 Å². The number of hydrogen-bond donors (Lipinski definition) is 1. The Morgan fingerprint density at radius 3 is 2.14 bits per heavy atom. The molecule has 14 heavy (non-hydrogen) atoms. The molecule has 0 amide bonds. The summed E-state index contributed by atoms with van der Waals surface area (Å²) in [7, 11) is 0. The fraction of sp³-hybridized carbons (Fsp3) is 0.250. The number of carbonyl (C=O) groups is 1. The molecule has 2 rings (SSSR count). The molecule has 0 unspecified atom stereocenters. The summed E-state index contributed by atoms with van der Waals surface area (Å²) >= 11 is 0. The number of aromatic hydroxyl groups is 1. The van der Waals surface area contributed by atoms with Gasteiger partial charge in [0.25, 0.3) is 0 Å². The number of benzene rings is 1. The monoisotopic (exact) mass is 190 g/mol. The van der Waals surface area contributed by atoms with Crippen LogP contribution < -0.4 is 0 Å². The van der Waals surface area contributed by atoms with Crippen molar-refractivity contribution in [2.75, 3.05) is 0 Å². The molecule has 2 nitrogen and oxygen atoms in total. The van der Waals surface area contributed by atoms with Gasteiger partial charge in [0.1, 0.15) is 5.75 Å². The summed E-state index contributed by atoms with van der Waals surface area (Å²) in [6.45, 7) is 0. The van der Waals surface area contributed by atoms with Gasteiger partial charge in [0.15, 0.2) is 5.78 Å². The molecule has 1 aliphatic rings. The fourth-order valence-electron chi connectivity index (χ4n) is 1.12. The van der Waals surface area contributed by atoms with E-state index in [1.165, 1.54) is 0 Å². The van der Waals surface area contributed by atoms with Crippen LogP contribution in [0, 0.1) is 0 Å². The molecule has 1 aromatic rings. The topological polar surface area (TPSA) is 37.3 Å². The van der Waals surface area contributed by atoms with Gasteiger partial charge in [0.2, 0.25) is 0 Å². The molecule has 0 fully saturated rings. The first-order valence-electron chi connectivity index (χ1n) is 4.72. The number of ketones is 1. The minimum atomic E-state index is 0.284. The van der Waals surface area contributed by atoms with E-state index in [0.29, 0.717) is 5.75 Å². The van der Waals surface area contributed by atoms with Gasteiger partial charge in [-0.15, -0.1) is 0 Å². The minimum Gasteiger partial charge on any atom is -0.508 e. The predicted octanol–water partition coefficient (Wildman–Crippen LogP) is 2.69. The van der Waals surface area contributed by atoms with Crippen LogP contribution in [-0.2, 0) is 4.79 Å². The van der Waals surface area contributed by atoms with E-state index in [2.05, 4.69) is 0 Å². The standard InChI is InChI=1S/C6H8O.C6H6O/c2*7-6-4-2-1-3-5-6/h2,4H,1,3,5H2;1-5,7H. The quantitative estimate of drug-likeness (QED) is 0.683. The lowest BCUT2D eigenvalue weighted by atomic mass is 10.1. The maximum Gasteiger partial charge on any atom is 0.155 e. The van der Waals surface area contributed by atoms with Crippen LogP contribution >= 0.6 is 0 Å². The van der Waals surface area contributed by atoms with Gasteiger partial charge >= 0.3 is 0 Å². The van der Waals surface area contributed by atoms with Crippen LogP contribution in [0.15, 0.2) is 42.5 Å². The van der Waals surface area contributed by atoms with Gasteiger partial charge < -0.3 is 5.11 Å². The third-order valence-corrected chi connectivity index (χ3v) is 1.85. The highest BCUT2D eigenvalue weighted by Crippen LogP contribution is 2.04. The summed E-state index contributed by atoms with van der Waals surface area (Å²) in [6, 6.07) is 8.71. The average Bonchev–Trinajstić information content (AvgIpc) is 2.21. The van der Waals surface area contributed by atoms with Crippen molar-refractivity contribution < 1.29 is 9.90 Å². The molecular weight excluding hydrogens is 176 g/mol. The Labute approximate surface area is 83.9 Å². The first kappa shape index (κ1) is 10.5. The van der Waals surface area contributed by atoms with Crippen LogP contribution in [0.25, 0.3) is 0 Å². The lowest BCUT2D eigenvalue weighted by Crippen LogP contribution is -1.95. The minimum absolute atomic E-state index is 0.284. The van der Waals surface area contributed by atoms with Gasteiger partial charge in [-0.1, -0.05) is 24.3 Å². The van der Waals surface area contributed by atoms with E-state index < -0.39 is 0 Å². The van der Waals surface area contributed by atoms with Crippen molar-refractivity contribution in [2.45, 2.75) is 19.3 Å². The molecule has 1 aromatic carbocycles. The second-order valence-corrected chi connectivity index (χ2v) is 3.10. The number of hydrogen-bond acceptors (Lipinski definition) is 2. The van der Waals surface area contributed by atoms with Crippen molar-refractivity contribution in [3.05, 3.63) is 42.5 Å². The van der Waals surface area contributed by atoms with Crippen LogP contribution in [0.5, 0.6) is 5.75 Å². The Morgan fingerprint density at radius 2 is 1.86 bits per heavy atom. The van der Waals surface area contributed by atoms with E-state index in [1.54, 1.807) is 30.3 Å². The third-order valence-electron chi connectivity index (χ3n) is 1.85. The Balaban J connectivity index is 0.000000140. The molecule has 0 bridgehead atoms. The van der Waals surface area contributed by atoms with Gasteiger partial charge in [0, 0.05) is 6.42 Å². The molecule has 0 spiro atoms. The van der Waals surface area contributed by atoms with E-state index in [-0.39, 0.29) is 5.78 Å². The summed E-state index contributed by atoms with van der Waals surface area (Å²) in [5, 5.41) is 8.63. The average molecular weight is 190 g/mol. The summed E-state index contributed by atoms with van der Waals surface area (Å²) in [5.74, 6) is 0.605.